The molecule has 1 aliphatic rings. The highest BCUT2D eigenvalue weighted by molar-refractivity contribution is 9.10. The van der Waals surface area contributed by atoms with Crippen LogP contribution in [-0.2, 0) is 11.4 Å². The van der Waals surface area contributed by atoms with Crippen molar-refractivity contribution >= 4 is 55.9 Å². The number of ether oxygens (including phenoxy) is 1. The molecule has 1 saturated heterocycles. The molecule has 4 nitrogen and oxygen atoms in total. The Kier molecular flexibility index (Phi) is 5.75. The standard InChI is InChI=1S/C21H15BrN2O2S2/c22-15-7-5-13(6-8-15)12-26-16-4-2-1-3-14(16)11-17-19(25)18(20(23)28-17)21-24-9-10-27-21/h1-11,18,23H,12H2/b17-11-,23-20?/t18-/m1/s1. The van der Waals surface area contributed by atoms with Crippen LogP contribution in [0.1, 0.15) is 22.1 Å². The predicted octanol–water partition coefficient (Wildman–Crippen LogP) is 5.90. The molecule has 4 rings (SSSR count). The minimum absolute atomic E-state index is 0.0762. The van der Waals surface area contributed by atoms with E-state index in [4.69, 9.17) is 10.1 Å². The lowest BCUT2D eigenvalue weighted by molar-refractivity contribution is -0.114. The second kappa shape index (κ2) is 8.43. The average molecular weight is 471 g/mol. The molecule has 28 heavy (non-hydrogen) atoms. The number of halogens is 1. The second-order valence-corrected chi connectivity index (χ2v) is 9.02. The van der Waals surface area contributed by atoms with E-state index in [1.807, 2.05) is 60.0 Å². The lowest BCUT2D eigenvalue weighted by atomic mass is 10.0. The molecule has 140 valence electrons. The van der Waals surface area contributed by atoms with Gasteiger partial charge < -0.3 is 4.74 Å². The summed E-state index contributed by atoms with van der Waals surface area (Å²) in [6.45, 7) is 0.437. The Morgan fingerprint density at radius 2 is 1.96 bits per heavy atom. The highest BCUT2D eigenvalue weighted by Crippen LogP contribution is 2.41. The monoisotopic (exact) mass is 470 g/mol. The van der Waals surface area contributed by atoms with Crippen LogP contribution in [0.5, 0.6) is 5.75 Å². The summed E-state index contributed by atoms with van der Waals surface area (Å²) in [7, 11) is 0. The molecule has 1 aliphatic heterocycles. The lowest BCUT2D eigenvalue weighted by Crippen LogP contribution is -2.11. The van der Waals surface area contributed by atoms with Gasteiger partial charge in [0, 0.05) is 21.6 Å². The number of carbonyl (C=O) groups excluding carboxylic acids is 1. The van der Waals surface area contributed by atoms with Gasteiger partial charge in [0.15, 0.2) is 5.78 Å². The summed E-state index contributed by atoms with van der Waals surface area (Å²) in [5.41, 5.74) is 1.88. The largest absolute Gasteiger partial charge is 0.488 e. The van der Waals surface area contributed by atoms with E-state index >= 15 is 0 Å². The molecule has 1 fully saturated rings. The number of rotatable bonds is 5. The fourth-order valence-corrected chi connectivity index (χ4v) is 4.87. The van der Waals surface area contributed by atoms with Gasteiger partial charge in [0.2, 0.25) is 0 Å². The fourth-order valence-electron chi connectivity index (χ4n) is 2.81. The minimum atomic E-state index is -0.577. The molecule has 0 amide bonds. The molecule has 0 bridgehead atoms. The average Bonchev–Trinajstić information content (AvgIpc) is 3.30. The van der Waals surface area contributed by atoms with Crippen molar-refractivity contribution in [3.63, 3.8) is 0 Å². The summed E-state index contributed by atoms with van der Waals surface area (Å²) in [4.78, 5) is 17.6. The normalized spacial score (nSPS) is 18.0. The number of para-hydroxylation sites is 1. The number of benzene rings is 2. The fraction of sp³-hybridized carbons (Fsp3) is 0.0952. The molecule has 7 heteroatoms. The second-order valence-electron chi connectivity index (χ2n) is 6.10. The van der Waals surface area contributed by atoms with Crippen molar-refractivity contribution < 1.29 is 9.53 Å². The summed E-state index contributed by atoms with van der Waals surface area (Å²) in [5, 5.41) is 11.0. The molecular weight excluding hydrogens is 456 g/mol. The van der Waals surface area contributed by atoms with Crippen molar-refractivity contribution in [3.05, 3.63) is 85.6 Å². The molecular formula is C21H15BrN2O2S2. The van der Waals surface area contributed by atoms with Gasteiger partial charge in [-0.3, -0.25) is 10.2 Å². The highest BCUT2D eigenvalue weighted by Gasteiger charge is 2.38. The molecule has 0 aliphatic carbocycles. The van der Waals surface area contributed by atoms with Crippen LogP contribution in [0.3, 0.4) is 0 Å². The van der Waals surface area contributed by atoms with E-state index in [0.717, 1.165) is 15.6 Å². The molecule has 1 atom stereocenters. The first kappa shape index (κ1) is 19.1. The van der Waals surface area contributed by atoms with Crippen molar-refractivity contribution in [2.24, 2.45) is 0 Å². The van der Waals surface area contributed by atoms with Crippen LogP contribution in [0.25, 0.3) is 6.08 Å². The van der Waals surface area contributed by atoms with E-state index in [1.165, 1.54) is 23.1 Å². The van der Waals surface area contributed by atoms with Gasteiger partial charge in [-0.2, -0.15) is 0 Å². The third-order valence-electron chi connectivity index (χ3n) is 4.20. The zero-order valence-electron chi connectivity index (χ0n) is 14.6. The van der Waals surface area contributed by atoms with E-state index in [-0.39, 0.29) is 5.78 Å². The van der Waals surface area contributed by atoms with Crippen LogP contribution >= 0.6 is 39.0 Å². The Balaban J connectivity index is 1.56. The van der Waals surface area contributed by atoms with E-state index in [9.17, 15) is 4.79 Å². The van der Waals surface area contributed by atoms with Crippen molar-refractivity contribution in [2.45, 2.75) is 12.5 Å². The number of Topliss-reactive ketones (excluding diaryl/α,β-unsaturated/α-hetero) is 1. The maximum atomic E-state index is 12.8. The molecule has 0 unspecified atom stereocenters. The SMILES string of the molecule is N=C1S/C(=C\c2ccccc2OCc2ccc(Br)cc2)C(=O)[C@H]1c1nccs1. The number of aromatic nitrogens is 1. The Morgan fingerprint density at radius 3 is 2.71 bits per heavy atom. The van der Waals surface area contributed by atoms with Crippen molar-refractivity contribution in [1.82, 2.24) is 4.98 Å². The summed E-state index contributed by atoms with van der Waals surface area (Å²) >= 11 is 6.03. The van der Waals surface area contributed by atoms with E-state index in [0.29, 0.717) is 27.3 Å². The number of ketones is 1. The molecule has 0 saturated carbocycles. The van der Waals surface area contributed by atoms with Crippen molar-refractivity contribution in [3.8, 4) is 5.75 Å². The Hall–Kier alpha value is -2.22. The number of thiazole rings is 1. The van der Waals surface area contributed by atoms with Crippen molar-refractivity contribution in [1.29, 1.82) is 5.41 Å². The number of thioether (sulfide) groups is 1. The molecule has 1 N–H and O–H groups in total. The van der Waals surface area contributed by atoms with Gasteiger partial charge in [0.1, 0.15) is 23.3 Å². The summed E-state index contributed by atoms with van der Waals surface area (Å²) in [6, 6.07) is 15.6. The number of hydrogen-bond donors (Lipinski definition) is 1. The first-order valence-corrected chi connectivity index (χ1v) is 11.0. The van der Waals surface area contributed by atoms with Gasteiger partial charge in [-0.25, -0.2) is 4.98 Å². The first-order chi connectivity index (χ1) is 13.6. The molecule has 2 aromatic carbocycles. The molecule has 2 heterocycles. The quantitative estimate of drug-likeness (QED) is 0.471. The molecule has 1 aromatic heterocycles. The zero-order chi connectivity index (χ0) is 19.5. The Labute approximate surface area is 179 Å². The predicted molar refractivity (Wildman–Crippen MR) is 118 cm³/mol. The van der Waals surface area contributed by atoms with Crippen LogP contribution < -0.4 is 4.74 Å². The topological polar surface area (TPSA) is 63.0 Å². The third kappa shape index (κ3) is 4.11. The maximum absolute atomic E-state index is 12.8. The van der Waals surface area contributed by atoms with Gasteiger partial charge in [0.25, 0.3) is 0 Å². The number of hydrogen-bond acceptors (Lipinski definition) is 6. The number of nitrogens with zero attached hydrogens (tertiary/aromatic N) is 1. The number of allylic oxidation sites excluding steroid dienone is 1. The van der Waals surface area contributed by atoms with Gasteiger partial charge in [0.05, 0.1) is 9.95 Å². The van der Waals surface area contributed by atoms with E-state index in [1.54, 1.807) is 6.20 Å². The first-order valence-electron chi connectivity index (χ1n) is 8.49. The smallest absolute Gasteiger partial charge is 0.186 e. The van der Waals surface area contributed by atoms with Crippen LogP contribution in [0.15, 0.2) is 69.5 Å². The van der Waals surface area contributed by atoms with Gasteiger partial charge in [-0.05, 0) is 29.8 Å². The van der Waals surface area contributed by atoms with Gasteiger partial charge in [-0.1, -0.05) is 58.0 Å². The van der Waals surface area contributed by atoms with Gasteiger partial charge >= 0.3 is 0 Å². The zero-order valence-corrected chi connectivity index (χ0v) is 17.8. The summed E-state index contributed by atoms with van der Waals surface area (Å²) < 4.78 is 7.01. The van der Waals surface area contributed by atoms with Crippen LogP contribution in [0.2, 0.25) is 0 Å². The maximum Gasteiger partial charge on any atom is 0.186 e. The van der Waals surface area contributed by atoms with Crippen LogP contribution in [0, 0.1) is 5.41 Å². The summed E-state index contributed by atoms with van der Waals surface area (Å²) in [6.07, 6.45) is 3.48. The highest BCUT2D eigenvalue weighted by atomic mass is 79.9. The number of carbonyl (C=O) groups is 1. The number of nitrogens with one attached hydrogen (secondary N) is 1. The van der Waals surface area contributed by atoms with Crippen molar-refractivity contribution in [2.75, 3.05) is 0 Å². The van der Waals surface area contributed by atoms with Gasteiger partial charge in [-0.15, -0.1) is 11.3 Å². The van der Waals surface area contributed by atoms with Crippen LogP contribution in [-0.4, -0.2) is 15.8 Å². The Morgan fingerprint density at radius 1 is 1.18 bits per heavy atom. The third-order valence-corrected chi connectivity index (χ3v) is 6.56. The molecule has 0 radical (unpaired) electrons. The summed E-state index contributed by atoms with van der Waals surface area (Å²) in [5.74, 6) is 0.0512. The van der Waals surface area contributed by atoms with E-state index < -0.39 is 5.92 Å². The minimum Gasteiger partial charge on any atom is -0.488 e. The van der Waals surface area contributed by atoms with Crippen LogP contribution in [0.4, 0.5) is 0 Å². The molecule has 3 aromatic rings. The Bertz CT molecular complexity index is 1050. The van der Waals surface area contributed by atoms with E-state index in [2.05, 4.69) is 20.9 Å². The lowest BCUT2D eigenvalue weighted by Gasteiger charge is -2.10. The molecule has 0 spiro atoms.